The van der Waals surface area contributed by atoms with Crippen LogP contribution in [0.2, 0.25) is 0 Å². The van der Waals surface area contributed by atoms with Crippen LogP contribution in [-0.2, 0) is 28.5 Å². The van der Waals surface area contributed by atoms with E-state index in [4.69, 9.17) is 23.7 Å². The SMILES string of the molecule is COCCOCCOCCOC(C)OC(=O)C1CC2C3CC(C)C(C3)C2C1. The Morgan fingerprint density at radius 3 is 2.30 bits per heavy atom. The molecule has 156 valence electrons. The number of ether oxygens (including phenoxy) is 5. The maximum atomic E-state index is 12.5. The Hall–Kier alpha value is -0.690. The van der Waals surface area contributed by atoms with Crippen LogP contribution in [0.15, 0.2) is 0 Å². The molecule has 7 atom stereocenters. The maximum Gasteiger partial charge on any atom is 0.311 e. The third-order valence-electron chi connectivity index (χ3n) is 6.80. The number of hydrogen-bond acceptors (Lipinski definition) is 6. The van der Waals surface area contributed by atoms with Gasteiger partial charge in [0.15, 0.2) is 6.29 Å². The molecule has 3 aliphatic carbocycles. The molecule has 0 N–H and O–H groups in total. The summed E-state index contributed by atoms with van der Waals surface area (Å²) in [4.78, 5) is 12.5. The van der Waals surface area contributed by atoms with Crippen LogP contribution in [0.3, 0.4) is 0 Å². The number of esters is 1. The van der Waals surface area contributed by atoms with Crippen molar-refractivity contribution in [3.05, 3.63) is 0 Å². The molecule has 0 heterocycles. The van der Waals surface area contributed by atoms with Crippen LogP contribution in [0.5, 0.6) is 0 Å². The van der Waals surface area contributed by atoms with Gasteiger partial charge in [0, 0.05) is 7.11 Å². The first kappa shape index (κ1) is 21.0. The molecule has 27 heavy (non-hydrogen) atoms. The van der Waals surface area contributed by atoms with Gasteiger partial charge in [0.1, 0.15) is 0 Å². The van der Waals surface area contributed by atoms with Gasteiger partial charge < -0.3 is 23.7 Å². The normalized spacial score (nSPS) is 35.4. The van der Waals surface area contributed by atoms with Crippen molar-refractivity contribution in [3.63, 3.8) is 0 Å². The molecule has 6 nitrogen and oxygen atoms in total. The second kappa shape index (κ2) is 10.2. The van der Waals surface area contributed by atoms with Crippen molar-refractivity contribution in [2.45, 2.75) is 45.8 Å². The molecule has 7 unspecified atom stereocenters. The third kappa shape index (κ3) is 5.43. The van der Waals surface area contributed by atoms with Crippen molar-refractivity contribution in [2.75, 3.05) is 46.8 Å². The van der Waals surface area contributed by atoms with E-state index in [1.807, 2.05) is 0 Å². The van der Waals surface area contributed by atoms with Crippen LogP contribution in [-0.4, -0.2) is 59.0 Å². The first-order valence-electron chi connectivity index (χ1n) is 10.6. The fraction of sp³-hybridized carbons (Fsp3) is 0.952. The number of carbonyl (C=O) groups is 1. The summed E-state index contributed by atoms with van der Waals surface area (Å²) in [6, 6.07) is 0. The topological polar surface area (TPSA) is 63.2 Å². The fourth-order valence-corrected chi connectivity index (χ4v) is 5.64. The van der Waals surface area contributed by atoms with Crippen molar-refractivity contribution in [3.8, 4) is 0 Å². The summed E-state index contributed by atoms with van der Waals surface area (Å²) in [7, 11) is 1.65. The second-order valence-corrected chi connectivity index (χ2v) is 8.46. The van der Waals surface area contributed by atoms with Crippen LogP contribution in [0, 0.1) is 35.5 Å². The second-order valence-electron chi connectivity index (χ2n) is 8.46. The summed E-state index contributed by atoms with van der Waals surface area (Å²) in [6.07, 6.45) is 4.29. The molecule has 0 aromatic rings. The lowest BCUT2D eigenvalue weighted by molar-refractivity contribution is -0.181. The zero-order valence-electron chi connectivity index (χ0n) is 17.1. The van der Waals surface area contributed by atoms with Gasteiger partial charge in [0.25, 0.3) is 0 Å². The van der Waals surface area contributed by atoms with Crippen molar-refractivity contribution >= 4 is 5.97 Å². The van der Waals surface area contributed by atoms with E-state index in [-0.39, 0.29) is 11.9 Å². The van der Waals surface area contributed by atoms with Gasteiger partial charge >= 0.3 is 5.97 Å². The molecule has 0 amide bonds. The summed E-state index contributed by atoms with van der Waals surface area (Å²) in [5.41, 5.74) is 0. The first-order chi connectivity index (χ1) is 13.1. The highest BCUT2D eigenvalue weighted by Gasteiger charge is 2.55. The maximum absolute atomic E-state index is 12.5. The number of hydrogen-bond donors (Lipinski definition) is 0. The lowest BCUT2D eigenvalue weighted by Gasteiger charge is -2.28. The molecule has 3 saturated carbocycles. The zero-order valence-corrected chi connectivity index (χ0v) is 17.1. The van der Waals surface area contributed by atoms with E-state index in [0.29, 0.717) is 39.6 Å². The highest BCUT2D eigenvalue weighted by molar-refractivity contribution is 5.73. The average Bonchev–Trinajstić information content (AvgIpc) is 3.31. The Morgan fingerprint density at radius 2 is 1.56 bits per heavy atom. The number of methoxy groups -OCH3 is 1. The first-order valence-corrected chi connectivity index (χ1v) is 10.6. The van der Waals surface area contributed by atoms with Gasteiger partial charge in [-0.2, -0.15) is 0 Å². The number of rotatable bonds is 12. The number of carbonyl (C=O) groups excluding carboxylic acids is 1. The lowest BCUT2D eigenvalue weighted by atomic mass is 9.77. The van der Waals surface area contributed by atoms with Gasteiger partial charge in [0.05, 0.1) is 45.6 Å². The van der Waals surface area contributed by atoms with E-state index in [1.54, 1.807) is 14.0 Å². The summed E-state index contributed by atoms with van der Waals surface area (Å²) in [5, 5.41) is 0. The largest absolute Gasteiger partial charge is 0.436 e. The average molecular weight is 385 g/mol. The highest BCUT2D eigenvalue weighted by atomic mass is 16.7. The molecule has 2 bridgehead atoms. The van der Waals surface area contributed by atoms with Crippen LogP contribution < -0.4 is 0 Å². The predicted molar refractivity (Wildman–Crippen MR) is 100 cm³/mol. The quantitative estimate of drug-likeness (QED) is 0.293. The van der Waals surface area contributed by atoms with Crippen molar-refractivity contribution < 1.29 is 28.5 Å². The molecule has 6 heteroatoms. The Kier molecular flexibility index (Phi) is 7.94. The lowest BCUT2D eigenvalue weighted by Crippen LogP contribution is -2.25. The summed E-state index contributed by atoms with van der Waals surface area (Å²) >= 11 is 0. The van der Waals surface area contributed by atoms with E-state index in [9.17, 15) is 4.79 Å². The van der Waals surface area contributed by atoms with E-state index in [1.165, 1.54) is 12.8 Å². The highest BCUT2D eigenvalue weighted by Crippen LogP contribution is 2.62. The predicted octanol–water partition coefficient (Wildman–Crippen LogP) is 2.89. The molecular weight excluding hydrogens is 348 g/mol. The summed E-state index contributed by atoms with van der Waals surface area (Å²) < 4.78 is 26.7. The van der Waals surface area contributed by atoms with E-state index in [2.05, 4.69) is 6.92 Å². The Balaban J connectivity index is 1.24. The van der Waals surface area contributed by atoms with Crippen LogP contribution >= 0.6 is 0 Å². The Bertz CT molecular complexity index is 470. The molecule has 3 fully saturated rings. The van der Waals surface area contributed by atoms with Gasteiger partial charge in [-0.25, -0.2) is 0 Å². The number of fused-ring (bicyclic) bond motifs is 5. The summed E-state index contributed by atoms with van der Waals surface area (Å²) in [5.74, 6) is 4.07. The summed E-state index contributed by atoms with van der Waals surface area (Å²) in [6.45, 7) is 7.27. The molecule has 0 saturated heterocycles. The molecule has 0 aliphatic heterocycles. The molecule has 0 radical (unpaired) electrons. The Labute approximate surface area is 163 Å². The molecule has 0 aromatic carbocycles. The minimum Gasteiger partial charge on any atom is -0.436 e. The van der Waals surface area contributed by atoms with Crippen LogP contribution in [0.25, 0.3) is 0 Å². The van der Waals surface area contributed by atoms with E-state index >= 15 is 0 Å². The monoisotopic (exact) mass is 384 g/mol. The molecular formula is C21H36O6. The van der Waals surface area contributed by atoms with Gasteiger partial charge in [0.2, 0.25) is 0 Å². The molecule has 3 aliphatic rings. The fourth-order valence-electron chi connectivity index (χ4n) is 5.64. The van der Waals surface area contributed by atoms with Crippen molar-refractivity contribution in [1.29, 1.82) is 0 Å². The van der Waals surface area contributed by atoms with Crippen molar-refractivity contribution in [2.24, 2.45) is 35.5 Å². The van der Waals surface area contributed by atoms with Gasteiger partial charge in [-0.15, -0.1) is 0 Å². The van der Waals surface area contributed by atoms with E-state index in [0.717, 1.165) is 42.4 Å². The Morgan fingerprint density at radius 1 is 0.889 bits per heavy atom. The van der Waals surface area contributed by atoms with Gasteiger partial charge in [-0.1, -0.05) is 6.92 Å². The minimum absolute atomic E-state index is 0.0714. The zero-order chi connectivity index (χ0) is 19.2. The van der Waals surface area contributed by atoms with Crippen molar-refractivity contribution in [1.82, 2.24) is 0 Å². The van der Waals surface area contributed by atoms with Gasteiger partial charge in [-0.05, 0) is 62.2 Å². The van der Waals surface area contributed by atoms with E-state index < -0.39 is 6.29 Å². The minimum atomic E-state index is -0.518. The van der Waals surface area contributed by atoms with Gasteiger partial charge in [-0.3, -0.25) is 4.79 Å². The molecule has 3 rings (SSSR count). The standard InChI is InChI=1S/C21H36O6/c1-14-10-16-11-18(14)20-13-17(12-19(16)20)21(22)27-15(2)26-9-8-25-7-6-24-5-4-23-3/h14-20H,4-13H2,1-3H3. The third-order valence-corrected chi connectivity index (χ3v) is 6.80. The molecule has 0 spiro atoms. The smallest absolute Gasteiger partial charge is 0.311 e. The van der Waals surface area contributed by atoms with Crippen LogP contribution in [0.4, 0.5) is 0 Å². The molecule has 0 aromatic heterocycles. The van der Waals surface area contributed by atoms with Crippen LogP contribution in [0.1, 0.15) is 39.5 Å².